The summed E-state index contributed by atoms with van der Waals surface area (Å²) in [7, 11) is 0. The number of rotatable bonds is 2. The molecule has 0 spiro atoms. The standard InChI is InChI=1S/C10H12OS/c1-8(7-12-2)9-3-5-10(11)6-4-9/h3-7,11H,1-2H3. The topological polar surface area (TPSA) is 20.2 Å². The van der Waals surface area contributed by atoms with E-state index in [0.29, 0.717) is 5.75 Å². The summed E-state index contributed by atoms with van der Waals surface area (Å²) in [5, 5.41) is 11.1. The van der Waals surface area contributed by atoms with Crippen molar-refractivity contribution in [2.75, 3.05) is 6.26 Å². The van der Waals surface area contributed by atoms with E-state index >= 15 is 0 Å². The third-order valence-corrected chi connectivity index (χ3v) is 2.21. The van der Waals surface area contributed by atoms with Crippen LogP contribution in [-0.4, -0.2) is 11.4 Å². The number of allylic oxidation sites excluding steroid dienone is 1. The molecule has 0 aliphatic carbocycles. The molecule has 1 rings (SSSR count). The predicted molar refractivity (Wildman–Crippen MR) is 55.3 cm³/mol. The van der Waals surface area contributed by atoms with E-state index < -0.39 is 0 Å². The predicted octanol–water partition coefficient (Wildman–Crippen LogP) is 3.12. The SMILES string of the molecule is CSC=C(C)c1ccc(O)cc1. The zero-order valence-corrected chi connectivity index (χ0v) is 8.06. The number of phenolic OH excluding ortho intramolecular Hbond substituents is 1. The van der Waals surface area contributed by atoms with Crippen molar-refractivity contribution in [1.29, 1.82) is 0 Å². The van der Waals surface area contributed by atoms with E-state index in [1.54, 1.807) is 23.9 Å². The van der Waals surface area contributed by atoms with Crippen LogP contribution in [0.5, 0.6) is 5.75 Å². The van der Waals surface area contributed by atoms with Gasteiger partial charge in [-0.05, 0) is 41.9 Å². The van der Waals surface area contributed by atoms with E-state index in [2.05, 4.69) is 12.3 Å². The van der Waals surface area contributed by atoms with Gasteiger partial charge in [-0.3, -0.25) is 0 Å². The molecule has 2 heteroatoms. The lowest BCUT2D eigenvalue weighted by Crippen LogP contribution is -1.76. The molecule has 12 heavy (non-hydrogen) atoms. The van der Waals surface area contributed by atoms with Crippen molar-refractivity contribution >= 4 is 17.3 Å². The highest BCUT2D eigenvalue weighted by Gasteiger charge is 1.93. The number of hydrogen-bond acceptors (Lipinski definition) is 2. The molecule has 0 aromatic heterocycles. The summed E-state index contributed by atoms with van der Waals surface area (Å²) in [6, 6.07) is 7.23. The number of benzene rings is 1. The second-order valence-corrected chi connectivity index (χ2v) is 3.29. The fourth-order valence-electron chi connectivity index (χ4n) is 0.969. The Kier molecular flexibility index (Phi) is 3.23. The molecule has 1 nitrogen and oxygen atoms in total. The molecule has 0 aliphatic heterocycles. The Morgan fingerprint density at radius 3 is 2.42 bits per heavy atom. The average molecular weight is 180 g/mol. The minimum atomic E-state index is 0.315. The fourth-order valence-corrected chi connectivity index (χ4v) is 1.46. The van der Waals surface area contributed by atoms with Gasteiger partial charge in [0.25, 0.3) is 0 Å². The van der Waals surface area contributed by atoms with E-state index in [1.165, 1.54) is 5.57 Å². The molecular weight excluding hydrogens is 168 g/mol. The molecule has 0 saturated heterocycles. The molecule has 0 unspecified atom stereocenters. The van der Waals surface area contributed by atoms with Crippen LogP contribution in [0.2, 0.25) is 0 Å². The number of hydrogen-bond donors (Lipinski definition) is 1. The van der Waals surface area contributed by atoms with E-state index in [-0.39, 0.29) is 0 Å². The Morgan fingerprint density at radius 2 is 1.92 bits per heavy atom. The van der Waals surface area contributed by atoms with Gasteiger partial charge >= 0.3 is 0 Å². The zero-order chi connectivity index (χ0) is 8.97. The van der Waals surface area contributed by atoms with Gasteiger partial charge in [-0.25, -0.2) is 0 Å². The van der Waals surface area contributed by atoms with Gasteiger partial charge in [-0.2, -0.15) is 0 Å². The van der Waals surface area contributed by atoms with Crippen molar-refractivity contribution in [3.63, 3.8) is 0 Å². The first-order valence-electron chi connectivity index (χ1n) is 3.73. The van der Waals surface area contributed by atoms with Crippen LogP contribution in [0.1, 0.15) is 12.5 Å². The van der Waals surface area contributed by atoms with Gasteiger partial charge in [0.05, 0.1) is 0 Å². The number of phenols is 1. The normalized spacial score (nSPS) is 11.7. The van der Waals surface area contributed by atoms with Crippen molar-refractivity contribution in [3.8, 4) is 5.75 Å². The number of thioether (sulfide) groups is 1. The third kappa shape index (κ3) is 2.31. The summed E-state index contributed by atoms with van der Waals surface area (Å²) in [6.45, 7) is 2.06. The summed E-state index contributed by atoms with van der Waals surface area (Å²) in [6.07, 6.45) is 2.03. The van der Waals surface area contributed by atoms with Crippen LogP contribution in [0.4, 0.5) is 0 Å². The molecule has 1 aromatic carbocycles. The van der Waals surface area contributed by atoms with E-state index in [1.807, 2.05) is 18.4 Å². The Balaban J connectivity index is 2.89. The Morgan fingerprint density at radius 1 is 1.33 bits per heavy atom. The van der Waals surface area contributed by atoms with Gasteiger partial charge in [0, 0.05) is 0 Å². The Bertz CT molecular complexity index is 274. The monoisotopic (exact) mass is 180 g/mol. The van der Waals surface area contributed by atoms with Gasteiger partial charge in [0.1, 0.15) is 5.75 Å². The lowest BCUT2D eigenvalue weighted by molar-refractivity contribution is 0.475. The van der Waals surface area contributed by atoms with Gasteiger partial charge in [0.2, 0.25) is 0 Å². The van der Waals surface area contributed by atoms with Crippen molar-refractivity contribution in [1.82, 2.24) is 0 Å². The highest BCUT2D eigenvalue weighted by molar-refractivity contribution is 8.01. The molecule has 0 heterocycles. The van der Waals surface area contributed by atoms with Gasteiger partial charge < -0.3 is 5.11 Å². The largest absolute Gasteiger partial charge is 0.508 e. The van der Waals surface area contributed by atoms with E-state index in [9.17, 15) is 0 Å². The number of aromatic hydroxyl groups is 1. The summed E-state index contributed by atoms with van der Waals surface area (Å²) >= 11 is 1.68. The Labute approximate surface area is 77.1 Å². The first-order chi connectivity index (χ1) is 5.74. The molecule has 0 aliphatic rings. The molecule has 0 fully saturated rings. The van der Waals surface area contributed by atoms with E-state index in [4.69, 9.17) is 5.11 Å². The first-order valence-corrected chi connectivity index (χ1v) is 5.02. The smallest absolute Gasteiger partial charge is 0.115 e. The van der Waals surface area contributed by atoms with E-state index in [0.717, 1.165) is 5.56 Å². The minimum absolute atomic E-state index is 0.315. The van der Waals surface area contributed by atoms with Crippen molar-refractivity contribution in [3.05, 3.63) is 35.2 Å². The summed E-state index contributed by atoms with van der Waals surface area (Å²) in [5.74, 6) is 0.315. The van der Waals surface area contributed by atoms with Crippen molar-refractivity contribution in [2.45, 2.75) is 6.92 Å². The maximum Gasteiger partial charge on any atom is 0.115 e. The van der Waals surface area contributed by atoms with Crippen LogP contribution < -0.4 is 0 Å². The second kappa shape index (κ2) is 4.21. The maximum atomic E-state index is 9.04. The molecule has 0 amide bonds. The maximum absolute atomic E-state index is 9.04. The molecule has 1 N–H and O–H groups in total. The quantitative estimate of drug-likeness (QED) is 0.754. The summed E-state index contributed by atoms with van der Waals surface area (Å²) in [4.78, 5) is 0. The Hall–Kier alpha value is -0.890. The minimum Gasteiger partial charge on any atom is -0.508 e. The van der Waals surface area contributed by atoms with Crippen molar-refractivity contribution in [2.24, 2.45) is 0 Å². The highest BCUT2D eigenvalue weighted by Crippen LogP contribution is 2.19. The van der Waals surface area contributed by atoms with Crippen LogP contribution in [0.3, 0.4) is 0 Å². The summed E-state index contributed by atoms with van der Waals surface area (Å²) < 4.78 is 0. The molecule has 0 saturated carbocycles. The van der Waals surface area contributed by atoms with Gasteiger partial charge in [0.15, 0.2) is 0 Å². The molecule has 0 radical (unpaired) electrons. The molecule has 0 bridgehead atoms. The molecule has 1 aromatic rings. The lowest BCUT2D eigenvalue weighted by atomic mass is 10.1. The average Bonchev–Trinajstić information content (AvgIpc) is 2.06. The van der Waals surface area contributed by atoms with Crippen LogP contribution in [-0.2, 0) is 0 Å². The van der Waals surface area contributed by atoms with Crippen LogP contribution >= 0.6 is 11.8 Å². The van der Waals surface area contributed by atoms with Gasteiger partial charge in [-0.1, -0.05) is 12.1 Å². The van der Waals surface area contributed by atoms with Crippen LogP contribution in [0.25, 0.3) is 5.57 Å². The second-order valence-electron chi connectivity index (χ2n) is 2.58. The molecule has 0 atom stereocenters. The highest BCUT2D eigenvalue weighted by atomic mass is 32.2. The lowest BCUT2D eigenvalue weighted by Gasteiger charge is -2.00. The van der Waals surface area contributed by atoms with Crippen LogP contribution in [0.15, 0.2) is 29.7 Å². The van der Waals surface area contributed by atoms with Crippen LogP contribution in [0, 0.1) is 0 Å². The summed E-state index contributed by atoms with van der Waals surface area (Å²) in [5.41, 5.74) is 2.38. The van der Waals surface area contributed by atoms with Crippen molar-refractivity contribution < 1.29 is 5.11 Å². The first kappa shape index (κ1) is 9.20. The zero-order valence-electron chi connectivity index (χ0n) is 7.24. The molecular formula is C10H12OS. The fraction of sp³-hybridized carbons (Fsp3) is 0.200. The third-order valence-electron chi connectivity index (χ3n) is 1.62. The molecule has 64 valence electrons. The van der Waals surface area contributed by atoms with Gasteiger partial charge in [-0.15, -0.1) is 11.8 Å².